The lowest BCUT2D eigenvalue weighted by Crippen LogP contribution is -2.59. The summed E-state index contributed by atoms with van der Waals surface area (Å²) in [7, 11) is 0. The normalized spacial score (nSPS) is 15.5. The van der Waals surface area contributed by atoms with Gasteiger partial charge in [0.15, 0.2) is 0 Å². The molecule has 26 heavy (non-hydrogen) atoms. The minimum atomic E-state index is -1.24. The Hall–Kier alpha value is -1.11. The smallest absolute Gasteiger partial charge is 0.327 e. The summed E-state index contributed by atoms with van der Waals surface area (Å²) in [6.45, 7) is 3.43. The Morgan fingerprint density at radius 2 is 1.35 bits per heavy atom. The molecular weight excluding hydrogens is 400 g/mol. The summed E-state index contributed by atoms with van der Waals surface area (Å²) in [5.41, 5.74) is 5.58. The number of carbonyl (C=O) groups excluding carboxylic acids is 3. The average Bonchev–Trinajstić information content (AvgIpc) is 2.59. The lowest BCUT2D eigenvalue weighted by molar-refractivity contribution is -0.141. The molecule has 12 heteroatoms. The molecule has 3 amide bonds. The van der Waals surface area contributed by atoms with Crippen LogP contribution in [0, 0.1) is 5.92 Å². The zero-order valence-electron chi connectivity index (χ0n) is 14.5. The third kappa shape index (κ3) is 8.06. The largest absolute Gasteiger partial charge is 0.480 e. The molecule has 150 valence electrons. The molecule has 9 nitrogen and oxygen atoms in total. The van der Waals surface area contributed by atoms with E-state index in [1.54, 1.807) is 13.8 Å². The predicted molar refractivity (Wildman–Crippen MR) is 108 cm³/mol. The molecule has 0 aliphatic rings. The van der Waals surface area contributed by atoms with E-state index in [1.165, 1.54) is 0 Å². The molecule has 0 saturated heterocycles. The number of carbonyl (C=O) groups is 4. The number of nitrogens with one attached hydrogen (secondary N) is 3. The van der Waals surface area contributed by atoms with Crippen LogP contribution in [-0.4, -0.2) is 70.2 Å². The summed E-state index contributed by atoms with van der Waals surface area (Å²) in [5, 5.41) is 16.2. The van der Waals surface area contributed by atoms with E-state index in [1.807, 2.05) is 0 Å². The Morgan fingerprint density at radius 3 is 1.73 bits per heavy atom. The van der Waals surface area contributed by atoms with E-state index in [0.717, 1.165) is 0 Å². The van der Waals surface area contributed by atoms with E-state index < -0.39 is 47.9 Å². The quantitative estimate of drug-likeness (QED) is 0.185. The van der Waals surface area contributed by atoms with Crippen LogP contribution in [0.4, 0.5) is 0 Å². The first-order valence-corrected chi connectivity index (χ1v) is 9.70. The van der Waals surface area contributed by atoms with Crippen LogP contribution in [-0.2, 0) is 19.2 Å². The maximum Gasteiger partial charge on any atom is 0.327 e. The van der Waals surface area contributed by atoms with Crippen LogP contribution in [0.5, 0.6) is 0 Å². The first kappa shape index (κ1) is 24.9. The highest BCUT2D eigenvalue weighted by atomic mass is 32.1. The topological polar surface area (TPSA) is 151 Å². The molecule has 4 atom stereocenters. The summed E-state index contributed by atoms with van der Waals surface area (Å²) in [6, 6.07) is -4.07. The molecule has 0 fully saturated rings. The number of rotatable bonds is 11. The molecule has 6 N–H and O–H groups in total. The molecule has 0 aromatic carbocycles. The van der Waals surface area contributed by atoms with Crippen LogP contribution in [0.2, 0.25) is 0 Å². The Morgan fingerprint density at radius 1 is 0.846 bits per heavy atom. The summed E-state index contributed by atoms with van der Waals surface area (Å²) in [4.78, 5) is 47.5. The van der Waals surface area contributed by atoms with E-state index in [2.05, 4.69) is 53.8 Å². The lowest BCUT2D eigenvalue weighted by Gasteiger charge is -2.26. The van der Waals surface area contributed by atoms with Gasteiger partial charge >= 0.3 is 5.97 Å². The molecule has 0 rings (SSSR count). The van der Waals surface area contributed by atoms with Gasteiger partial charge in [-0.15, -0.1) is 0 Å². The number of amides is 3. The van der Waals surface area contributed by atoms with Crippen LogP contribution in [0.1, 0.15) is 13.8 Å². The van der Waals surface area contributed by atoms with Crippen molar-refractivity contribution in [1.29, 1.82) is 0 Å². The zero-order chi connectivity index (χ0) is 20.4. The van der Waals surface area contributed by atoms with E-state index in [9.17, 15) is 19.2 Å². The second-order valence-corrected chi connectivity index (χ2v) is 6.94. The molecule has 0 aromatic rings. The molecule has 0 saturated carbocycles. The number of nitrogens with two attached hydrogens (primary N) is 1. The molecule has 0 aliphatic carbocycles. The molecule has 0 heterocycles. The third-order valence-corrected chi connectivity index (χ3v) is 4.52. The summed E-state index contributed by atoms with van der Waals surface area (Å²) >= 11 is 11.8. The monoisotopic (exact) mass is 426 g/mol. The number of carboxylic acid groups (broad SMARTS) is 1. The highest BCUT2D eigenvalue weighted by Gasteiger charge is 2.30. The number of hydrogen-bond donors (Lipinski definition) is 8. The standard InChI is InChI=1S/C14H26N4O5S3/c1-6(2)10(18-11(19)7(15)3-24)13(21)16-8(4-25)12(20)17-9(5-26)14(22)23/h6-10,24-26H,3-5,15H2,1-2H3,(H,16,21)(H,17,20)(H,18,19)(H,22,23). The molecule has 0 spiro atoms. The fourth-order valence-electron chi connectivity index (χ4n) is 1.79. The zero-order valence-corrected chi connectivity index (χ0v) is 17.2. The predicted octanol–water partition coefficient (Wildman–Crippen LogP) is -1.70. The summed E-state index contributed by atoms with van der Waals surface area (Å²) in [5.74, 6) is -3.44. The third-order valence-electron chi connectivity index (χ3n) is 3.39. The Kier molecular flexibility index (Phi) is 11.8. The SMILES string of the molecule is CC(C)C(NC(=O)C(N)CS)C(=O)NC(CS)C(=O)NC(CS)C(=O)O. The van der Waals surface area contributed by atoms with Crippen molar-refractivity contribution in [2.24, 2.45) is 11.7 Å². The minimum absolute atomic E-state index is 0.0641. The van der Waals surface area contributed by atoms with Crippen molar-refractivity contribution < 1.29 is 24.3 Å². The van der Waals surface area contributed by atoms with Gasteiger partial charge in [-0.05, 0) is 5.92 Å². The van der Waals surface area contributed by atoms with Crippen molar-refractivity contribution in [1.82, 2.24) is 16.0 Å². The average molecular weight is 427 g/mol. The molecular formula is C14H26N4O5S3. The number of hydrogen-bond acceptors (Lipinski definition) is 8. The van der Waals surface area contributed by atoms with Crippen molar-refractivity contribution in [3.05, 3.63) is 0 Å². The highest BCUT2D eigenvalue weighted by Crippen LogP contribution is 2.04. The maximum absolute atomic E-state index is 12.5. The second kappa shape index (κ2) is 12.3. The van der Waals surface area contributed by atoms with E-state index in [-0.39, 0.29) is 23.2 Å². The van der Waals surface area contributed by atoms with E-state index in [4.69, 9.17) is 10.8 Å². The molecule has 0 bridgehead atoms. The van der Waals surface area contributed by atoms with Crippen molar-refractivity contribution in [3.63, 3.8) is 0 Å². The van der Waals surface area contributed by atoms with Crippen LogP contribution in [0.3, 0.4) is 0 Å². The van der Waals surface area contributed by atoms with Crippen molar-refractivity contribution in [2.45, 2.75) is 38.0 Å². The Bertz CT molecular complexity index is 521. The molecule has 0 aliphatic heterocycles. The molecule has 0 radical (unpaired) electrons. The van der Waals surface area contributed by atoms with Crippen LogP contribution in [0.15, 0.2) is 0 Å². The van der Waals surface area contributed by atoms with Gasteiger partial charge in [0, 0.05) is 17.3 Å². The minimum Gasteiger partial charge on any atom is -0.480 e. The Labute approximate surface area is 168 Å². The summed E-state index contributed by atoms with van der Waals surface area (Å²) < 4.78 is 0. The fraction of sp³-hybridized carbons (Fsp3) is 0.714. The lowest BCUT2D eigenvalue weighted by atomic mass is 10.0. The van der Waals surface area contributed by atoms with Gasteiger partial charge in [-0.3, -0.25) is 14.4 Å². The highest BCUT2D eigenvalue weighted by molar-refractivity contribution is 7.80. The van der Waals surface area contributed by atoms with Gasteiger partial charge in [0.25, 0.3) is 0 Å². The number of thiol groups is 3. The summed E-state index contributed by atoms with van der Waals surface area (Å²) in [6.07, 6.45) is 0. The van der Waals surface area contributed by atoms with Crippen LogP contribution in [0.25, 0.3) is 0 Å². The van der Waals surface area contributed by atoms with Gasteiger partial charge in [0.2, 0.25) is 17.7 Å². The van der Waals surface area contributed by atoms with Crippen LogP contribution >= 0.6 is 37.9 Å². The van der Waals surface area contributed by atoms with E-state index in [0.29, 0.717) is 0 Å². The van der Waals surface area contributed by atoms with Crippen molar-refractivity contribution in [3.8, 4) is 0 Å². The maximum atomic E-state index is 12.5. The van der Waals surface area contributed by atoms with Gasteiger partial charge in [-0.2, -0.15) is 37.9 Å². The fourth-order valence-corrected chi connectivity index (χ4v) is 2.46. The van der Waals surface area contributed by atoms with Gasteiger partial charge in [-0.25, -0.2) is 4.79 Å². The molecule has 0 aromatic heterocycles. The van der Waals surface area contributed by atoms with Gasteiger partial charge in [0.05, 0.1) is 6.04 Å². The first-order valence-electron chi connectivity index (χ1n) is 7.81. The van der Waals surface area contributed by atoms with Crippen molar-refractivity contribution in [2.75, 3.05) is 17.3 Å². The van der Waals surface area contributed by atoms with Crippen LogP contribution < -0.4 is 21.7 Å². The van der Waals surface area contributed by atoms with E-state index >= 15 is 0 Å². The number of carboxylic acids is 1. The number of aliphatic carboxylic acids is 1. The van der Waals surface area contributed by atoms with Gasteiger partial charge in [-0.1, -0.05) is 13.8 Å². The second-order valence-electron chi connectivity index (χ2n) is 5.85. The first-order chi connectivity index (χ1) is 12.1. The van der Waals surface area contributed by atoms with Gasteiger partial charge < -0.3 is 26.8 Å². The molecule has 4 unspecified atom stereocenters. The Balaban J connectivity index is 5.04. The van der Waals surface area contributed by atoms with Gasteiger partial charge in [0.1, 0.15) is 18.1 Å². The van der Waals surface area contributed by atoms with Crippen molar-refractivity contribution >= 4 is 61.6 Å².